The lowest BCUT2D eigenvalue weighted by molar-refractivity contribution is 1.27. The van der Waals surface area contributed by atoms with Crippen LogP contribution >= 0.6 is 11.3 Å². The van der Waals surface area contributed by atoms with Gasteiger partial charge in [-0.1, -0.05) is 0 Å². The van der Waals surface area contributed by atoms with E-state index >= 15 is 0 Å². The molecule has 0 aliphatic rings. The van der Waals surface area contributed by atoms with Crippen molar-refractivity contribution in [3.63, 3.8) is 0 Å². The minimum atomic E-state index is 0.266. The van der Waals surface area contributed by atoms with Crippen LogP contribution in [-0.2, 0) is 0 Å². The predicted molar refractivity (Wildman–Crippen MR) is 81.2 cm³/mol. The maximum Gasteiger partial charge on any atom is 0.142 e. The summed E-state index contributed by atoms with van der Waals surface area (Å²) < 4.78 is 0. The summed E-state index contributed by atoms with van der Waals surface area (Å²) >= 11 is 1.60. The summed E-state index contributed by atoms with van der Waals surface area (Å²) in [5.41, 5.74) is 10.00. The van der Waals surface area contributed by atoms with E-state index in [2.05, 4.69) is 16.0 Å². The molecule has 0 aromatic carbocycles. The molecule has 3 aromatic heterocycles. The van der Waals surface area contributed by atoms with Crippen molar-refractivity contribution in [2.45, 2.75) is 6.92 Å². The molecular weight excluding hydrogens is 268 g/mol. The first-order chi connectivity index (χ1) is 9.70. The lowest BCUT2D eigenvalue weighted by Crippen LogP contribution is -1.99. The summed E-state index contributed by atoms with van der Waals surface area (Å²) in [5, 5.41) is 11.3. The van der Waals surface area contributed by atoms with Crippen LogP contribution in [0.4, 0.5) is 5.82 Å². The molecule has 0 saturated carbocycles. The van der Waals surface area contributed by atoms with Crippen molar-refractivity contribution in [2.75, 3.05) is 5.73 Å². The number of anilines is 1. The second kappa shape index (κ2) is 4.83. The van der Waals surface area contributed by atoms with Gasteiger partial charge >= 0.3 is 0 Å². The number of hydrogen-bond donors (Lipinski definition) is 2. The monoisotopic (exact) mass is 280 g/mol. The average molecular weight is 280 g/mol. The Morgan fingerprint density at radius 2 is 2.25 bits per heavy atom. The molecule has 3 N–H and O–H groups in total. The van der Waals surface area contributed by atoms with Crippen molar-refractivity contribution in [2.24, 2.45) is 0 Å². The molecule has 3 heterocycles. The summed E-state index contributed by atoms with van der Waals surface area (Å²) in [5.74, 6) is 0.266. The highest BCUT2D eigenvalue weighted by Gasteiger charge is 2.15. The molecule has 0 aliphatic carbocycles. The van der Waals surface area contributed by atoms with E-state index in [0.717, 1.165) is 27.4 Å². The van der Waals surface area contributed by atoms with Crippen LogP contribution in [0.1, 0.15) is 11.1 Å². The second-order valence-electron chi connectivity index (χ2n) is 4.44. The number of hydrogen-bond acceptors (Lipinski definition) is 4. The zero-order chi connectivity index (χ0) is 14.1. The lowest BCUT2D eigenvalue weighted by Gasteiger charge is -2.08. The zero-order valence-electron chi connectivity index (χ0n) is 10.8. The third-order valence-corrected chi connectivity index (χ3v) is 4.19. The molecule has 0 aliphatic heterocycles. The fourth-order valence-electron chi connectivity index (χ4n) is 2.14. The molecule has 20 heavy (non-hydrogen) atoms. The van der Waals surface area contributed by atoms with E-state index in [1.54, 1.807) is 11.3 Å². The van der Waals surface area contributed by atoms with Crippen LogP contribution in [0, 0.1) is 18.3 Å². The second-order valence-corrected chi connectivity index (χ2v) is 5.36. The Morgan fingerprint density at radius 1 is 1.40 bits per heavy atom. The van der Waals surface area contributed by atoms with Gasteiger partial charge in [0.1, 0.15) is 17.5 Å². The highest BCUT2D eigenvalue weighted by Crippen LogP contribution is 2.35. The average Bonchev–Trinajstić information content (AvgIpc) is 3.08. The van der Waals surface area contributed by atoms with Gasteiger partial charge in [0.25, 0.3) is 0 Å². The first-order valence-electron chi connectivity index (χ1n) is 6.09. The molecule has 0 atom stereocenters. The number of rotatable bonds is 2. The summed E-state index contributed by atoms with van der Waals surface area (Å²) in [7, 11) is 0. The van der Waals surface area contributed by atoms with Gasteiger partial charge in [-0.3, -0.25) is 0 Å². The molecule has 5 heteroatoms. The topological polar surface area (TPSA) is 78.5 Å². The molecule has 0 saturated heterocycles. The van der Waals surface area contributed by atoms with Gasteiger partial charge in [0, 0.05) is 16.6 Å². The van der Waals surface area contributed by atoms with Crippen LogP contribution in [0.25, 0.3) is 21.8 Å². The molecular formula is C15H12N4S. The van der Waals surface area contributed by atoms with E-state index in [1.807, 2.05) is 42.8 Å². The summed E-state index contributed by atoms with van der Waals surface area (Å²) in [6.07, 6.45) is 1.83. The fourth-order valence-corrected chi connectivity index (χ4v) is 3.09. The van der Waals surface area contributed by atoms with E-state index in [4.69, 9.17) is 5.73 Å². The number of nitrogen functional groups attached to an aromatic ring is 1. The van der Waals surface area contributed by atoms with Gasteiger partial charge in [-0.15, -0.1) is 11.3 Å². The number of nitrogens with one attached hydrogen (secondary N) is 1. The number of nitrogens with zero attached hydrogens (tertiary/aromatic N) is 2. The van der Waals surface area contributed by atoms with Crippen LogP contribution < -0.4 is 5.73 Å². The highest BCUT2D eigenvalue weighted by atomic mass is 32.1. The number of aryl methyl sites for hydroxylation is 1. The van der Waals surface area contributed by atoms with E-state index in [1.165, 1.54) is 0 Å². The Labute approximate surface area is 120 Å². The van der Waals surface area contributed by atoms with Gasteiger partial charge in [0.2, 0.25) is 0 Å². The lowest BCUT2D eigenvalue weighted by atomic mass is 10.0. The summed E-state index contributed by atoms with van der Waals surface area (Å²) in [6, 6.07) is 9.94. The van der Waals surface area contributed by atoms with Gasteiger partial charge in [-0.05, 0) is 42.1 Å². The first kappa shape index (κ1) is 12.5. The Morgan fingerprint density at radius 3 is 2.85 bits per heavy atom. The number of thiophene rings is 1. The van der Waals surface area contributed by atoms with E-state index in [-0.39, 0.29) is 5.82 Å². The number of H-pyrrole nitrogens is 1. The van der Waals surface area contributed by atoms with Gasteiger partial charge in [-0.2, -0.15) is 5.26 Å². The van der Waals surface area contributed by atoms with Crippen molar-refractivity contribution in [3.05, 3.63) is 47.0 Å². The molecule has 3 rings (SSSR count). The van der Waals surface area contributed by atoms with E-state index in [0.29, 0.717) is 5.56 Å². The Balaban J connectivity index is 2.27. The van der Waals surface area contributed by atoms with Crippen LogP contribution in [0.5, 0.6) is 0 Å². The number of aromatic nitrogens is 2. The molecule has 0 unspecified atom stereocenters. The largest absolute Gasteiger partial charge is 0.383 e. The van der Waals surface area contributed by atoms with E-state index in [9.17, 15) is 5.26 Å². The van der Waals surface area contributed by atoms with Crippen LogP contribution in [0.15, 0.2) is 35.8 Å². The number of aromatic amines is 1. The summed E-state index contributed by atoms with van der Waals surface area (Å²) in [4.78, 5) is 8.48. The molecule has 0 fully saturated rings. The summed E-state index contributed by atoms with van der Waals surface area (Å²) in [6.45, 7) is 2.03. The molecule has 3 aromatic rings. The molecule has 0 radical (unpaired) electrons. The van der Waals surface area contributed by atoms with Gasteiger partial charge < -0.3 is 10.7 Å². The molecule has 4 nitrogen and oxygen atoms in total. The fraction of sp³-hybridized carbons (Fsp3) is 0.0667. The number of nitriles is 1. The van der Waals surface area contributed by atoms with E-state index < -0.39 is 0 Å². The third-order valence-electron chi connectivity index (χ3n) is 3.14. The van der Waals surface area contributed by atoms with Crippen molar-refractivity contribution in [1.29, 1.82) is 5.26 Å². The Hall–Kier alpha value is -2.58. The van der Waals surface area contributed by atoms with Crippen molar-refractivity contribution >= 4 is 17.2 Å². The van der Waals surface area contributed by atoms with Crippen LogP contribution in [0.2, 0.25) is 0 Å². The van der Waals surface area contributed by atoms with Crippen molar-refractivity contribution in [1.82, 2.24) is 9.97 Å². The maximum atomic E-state index is 9.34. The molecule has 0 bridgehead atoms. The number of nitrogens with two attached hydrogens (primary N) is 1. The number of pyridine rings is 1. The van der Waals surface area contributed by atoms with Gasteiger partial charge in [0.05, 0.1) is 11.4 Å². The highest BCUT2D eigenvalue weighted by molar-refractivity contribution is 7.13. The van der Waals surface area contributed by atoms with Crippen LogP contribution in [0.3, 0.4) is 0 Å². The third kappa shape index (κ3) is 1.96. The van der Waals surface area contributed by atoms with Crippen molar-refractivity contribution in [3.8, 4) is 27.9 Å². The van der Waals surface area contributed by atoms with Gasteiger partial charge in [0.15, 0.2) is 0 Å². The zero-order valence-corrected chi connectivity index (χ0v) is 11.7. The van der Waals surface area contributed by atoms with Crippen molar-refractivity contribution < 1.29 is 0 Å². The SMILES string of the molecule is Cc1ccsc1-c1cc(-c2ccc[nH]2)nc(N)c1C#N. The Kier molecular flexibility index (Phi) is 3.01. The normalized spacial score (nSPS) is 10.4. The minimum absolute atomic E-state index is 0.266. The Bertz CT molecular complexity index is 794. The van der Waals surface area contributed by atoms with Crippen LogP contribution in [-0.4, -0.2) is 9.97 Å². The molecule has 0 spiro atoms. The quantitative estimate of drug-likeness (QED) is 0.753. The van der Waals surface area contributed by atoms with Gasteiger partial charge in [-0.25, -0.2) is 4.98 Å². The molecule has 0 amide bonds. The minimum Gasteiger partial charge on any atom is -0.383 e. The standard InChI is InChI=1S/C15H12N4S/c1-9-4-6-20-14(9)10-7-13(12-3-2-5-18-12)19-15(17)11(10)8-16/h2-7,18H,1H3,(H2,17,19). The predicted octanol–water partition coefficient (Wildman–Crippen LogP) is 3.57. The molecule has 98 valence electrons. The first-order valence-corrected chi connectivity index (χ1v) is 6.97. The maximum absolute atomic E-state index is 9.34. The smallest absolute Gasteiger partial charge is 0.142 e.